The largest absolute Gasteiger partial charge is 0.497 e. The number of ether oxygens (including phenoxy) is 1. The first-order chi connectivity index (χ1) is 17.4. The van der Waals surface area contributed by atoms with Gasteiger partial charge in [0, 0.05) is 29.2 Å². The monoisotopic (exact) mass is 503 g/mol. The predicted octanol–water partition coefficient (Wildman–Crippen LogP) is 5.64. The van der Waals surface area contributed by atoms with Gasteiger partial charge < -0.3 is 20.3 Å². The third-order valence-electron chi connectivity index (χ3n) is 6.56. The Balaban J connectivity index is 1.44. The third-order valence-corrected chi connectivity index (χ3v) is 7.38. The Hall–Kier alpha value is -3.58. The van der Waals surface area contributed by atoms with E-state index in [-0.39, 0.29) is 23.6 Å². The molecule has 2 amide bonds. The minimum atomic E-state index is -0.358. The number of piperidine rings is 1. The summed E-state index contributed by atoms with van der Waals surface area (Å²) in [5.74, 6) is 0.751. The lowest BCUT2D eigenvalue weighted by Crippen LogP contribution is -2.36. The fourth-order valence-electron chi connectivity index (χ4n) is 4.21. The average molecular weight is 504 g/mol. The maximum Gasteiger partial charge on any atom is 0.268 e. The minimum absolute atomic E-state index is 0.198. The van der Waals surface area contributed by atoms with Crippen LogP contribution in [0.25, 0.3) is 6.08 Å². The molecule has 2 heterocycles. The van der Waals surface area contributed by atoms with Crippen LogP contribution in [0.4, 0.5) is 5.69 Å². The number of nitrogens with one attached hydrogen (secondary N) is 2. The maximum absolute atomic E-state index is 13.2. The molecule has 188 valence electrons. The number of carbonyl (C=O) groups is 2. The van der Waals surface area contributed by atoms with E-state index in [0.29, 0.717) is 11.3 Å². The molecule has 1 aromatic heterocycles. The van der Waals surface area contributed by atoms with E-state index in [4.69, 9.17) is 4.74 Å². The van der Waals surface area contributed by atoms with Crippen molar-refractivity contribution in [1.82, 2.24) is 10.6 Å². The molecule has 0 unspecified atom stereocenters. The number of amides is 2. The number of thiophene rings is 1. The molecule has 2 N–H and O–H groups in total. The van der Waals surface area contributed by atoms with Crippen molar-refractivity contribution in [3.63, 3.8) is 0 Å². The van der Waals surface area contributed by atoms with Crippen molar-refractivity contribution in [2.24, 2.45) is 5.92 Å². The second-order valence-electron chi connectivity index (χ2n) is 9.21. The highest BCUT2D eigenvalue weighted by Gasteiger charge is 2.19. The van der Waals surface area contributed by atoms with Crippen molar-refractivity contribution < 1.29 is 14.3 Å². The Morgan fingerprint density at radius 1 is 1.06 bits per heavy atom. The van der Waals surface area contributed by atoms with E-state index in [2.05, 4.69) is 46.7 Å². The van der Waals surface area contributed by atoms with Gasteiger partial charge in [-0.05, 0) is 85.2 Å². The predicted molar refractivity (Wildman–Crippen MR) is 146 cm³/mol. The van der Waals surface area contributed by atoms with Crippen LogP contribution in [0, 0.1) is 5.92 Å². The highest BCUT2D eigenvalue weighted by molar-refractivity contribution is 7.10. The number of hydrogen-bond donors (Lipinski definition) is 2. The topological polar surface area (TPSA) is 70.7 Å². The summed E-state index contributed by atoms with van der Waals surface area (Å²) in [5.41, 5.74) is 2.87. The molecule has 0 radical (unpaired) electrons. The Morgan fingerprint density at radius 3 is 2.36 bits per heavy atom. The first-order valence-electron chi connectivity index (χ1n) is 12.3. The van der Waals surface area contributed by atoms with Crippen LogP contribution in [0.2, 0.25) is 0 Å². The fourth-order valence-corrected chi connectivity index (χ4v) is 4.87. The first kappa shape index (κ1) is 25.5. The molecule has 36 heavy (non-hydrogen) atoms. The summed E-state index contributed by atoms with van der Waals surface area (Å²) in [6.45, 7) is 6.42. The second-order valence-corrected chi connectivity index (χ2v) is 10.2. The standard InChI is InChI=1S/C29H33N3O3S/c1-20-14-16-32(17-15-20)24-10-6-22(7-11-24)21(2)30-29(34)27(19-26-5-4-18-36-26)31-28(33)23-8-12-25(35-3)13-9-23/h4-13,18-21H,14-17H2,1-3H3,(H,30,34)(H,31,33)/b27-19-/t21-/m1/s1. The zero-order chi connectivity index (χ0) is 25.5. The zero-order valence-electron chi connectivity index (χ0n) is 21.0. The van der Waals surface area contributed by atoms with Crippen LogP contribution in [0.5, 0.6) is 5.75 Å². The van der Waals surface area contributed by atoms with Crippen molar-refractivity contribution in [2.75, 3.05) is 25.1 Å². The molecule has 0 aliphatic carbocycles. The van der Waals surface area contributed by atoms with Gasteiger partial charge in [-0.3, -0.25) is 9.59 Å². The van der Waals surface area contributed by atoms with Crippen LogP contribution < -0.4 is 20.3 Å². The van der Waals surface area contributed by atoms with E-state index in [1.807, 2.05) is 24.4 Å². The molecule has 1 aliphatic rings. The normalized spacial score (nSPS) is 15.3. The highest BCUT2D eigenvalue weighted by Crippen LogP contribution is 2.25. The van der Waals surface area contributed by atoms with E-state index < -0.39 is 0 Å². The number of hydrogen-bond acceptors (Lipinski definition) is 5. The molecule has 6 nitrogen and oxygen atoms in total. The second kappa shape index (κ2) is 11.9. The van der Waals surface area contributed by atoms with Crippen molar-refractivity contribution in [2.45, 2.75) is 32.7 Å². The number of carbonyl (C=O) groups excluding carboxylic acids is 2. The van der Waals surface area contributed by atoms with Crippen molar-refractivity contribution in [3.05, 3.63) is 87.7 Å². The lowest BCUT2D eigenvalue weighted by Gasteiger charge is -2.32. The van der Waals surface area contributed by atoms with Crippen LogP contribution in [-0.4, -0.2) is 32.0 Å². The van der Waals surface area contributed by atoms with Gasteiger partial charge in [-0.25, -0.2) is 0 Å². The molecular formula is C29H33N3O3S. The molecule has 1 saturated heterocycles. The molecule has 1 atom stereocenters. The summed E-state index contributed by atoms with van der Waals surface area (Å²) in [7, 11) is 1.57. The van der Waals surface area contributed by atoms with Gasteiger partial charge in [-0.15, -0.1) is 11.3 Å². The number of rotatable bonds is 8. The van der Waals surface area contributed by atoms with E-state index in [1.165, 1.54) is 29.9 Å². The van der Waals surface area contributed by atoms with Crippen LogP contribution in [0.1, 0.15) is 53.5 Å². The zero-order valence-corrected chi connectivity index (χ0v) is 21.8. The van der Waals surface area contributed by atoms with E-state index in [0.717, 1.165) is 29.4 Å². The van der Waals surface area contributed by atoms with Gasteiger partial charge in [0.15, 0.2) is 0 Å². The average Bonchev–Trinajstić information content (AvgIpc) is 3.42. The van der Waals surface area contributed by atoms with Gasteiger partial charge in [0.1, 0.15) is 11.4 Å². The van der Waals surface area contributed by atoms with E-state index in [1.54, 1.807) is 37.5 Å². The number of methoxy groups -OCH3 is 1. The summed E-state index contributed by atoms with van der Waals surface area (Å²) in [6.07, 6.45) is 4.14. The molecule has 0 spiro atoms. The lowest BCUT2D eigenvalue weighted by molar-refractivity contribution is -0.118. The van der Waals surface area contributed by atoms with Gasteiger partial charge in [0.05, 0.1) is 13.2 Å². The molecule has 0 saturated carbocycles. The first-order valence-corrected chi connectivity index (χ1v) is 13.2. The number of benzene rings is 2. The van der Waals surface area contributed by atoms with Gasteiger partial charge in [0.2, 0.25) is 0 Å². The number of nitrogens with zero attached hydrogens (tertiary/aromatic N) is 1. The summed E-state index contributed by atoms with van der Waals surface area (Å²) >= 11 is 1.50. The van der Waals surface area contributed by atoms with Crippen LogP contribution in [0.3, 0.4) is 0 Å². The Labute approximate surface area is 217 Å². The molecule has 1 aliphatic heterocycles. The fraction of sp³-hybridized carbons (Fsp3) is 0.310. The van der Waals surface area contributed by atoms with Crippen LogP contribution in [0.15, 0.2) is 71.7 Å². The molecule has 2 aromatic carbocycles. The van der Waals surface area contributed by atoms with Crippen molar-refractivity contribution >= 4 is 34.9 Å². The molecular weight excluding hydrogens is 470 g/mol. The lowest BCUT2D eigenvalue weighted by atomic mass is 9.98. The van der Waals surface area contributed by atoms with Gasteiger partial charge in [0.25, 0.3) is 11.8 Å². The van der Waals surface area contributed by atoms with Crippen molar-refractivity contribution in [1.29, 1.82) is 0 Å². The SMILES string of the molecule is COc1ccc(C(=O)N/C(=C\c2cccs2)C(=O)N[C@H](C)c2ccc(N3CCC(C)CC3)cc2)cc1. The third kappa shape index (κ3) is 6.55. The summed E-state index contributed by atoms with van der Waals surface area (Å²) in [5, 5.41) is 7.76. The van der Waals surface area contributed by atoms with Crippen LogP contribution >= 0.6 is 11.3 Å². The van der Waals surface area contributed by atoms with E-state index in [9.17, 15) is 9.59 Å². The van der Waals surface area contributed by atoms with Gasteiger partial charge in [-0.1, -0.05) is 25.1 Å². The van der Waals surface area contributed by atoms with Gasteiger partial charge >= 0.3 is 0 Å². The Morgan fingerprint density at radius 2 is 1.75 bits per heavy atom. The molecule has 3 aromatic rings. The van der Waals surface area contributed by atoms with E-state index >= 15 is 0 Å². The highest BCUT2D eigenvalue weighted by atomic mass is 32.1. The maximum atomic E-state index is 13.2. The molecule has 0 bridgehead atoms. The van der Waals surface area contributed by atoms with Crippen molar-refractivity contribution in [3.8, 4) is 5.75 Å². The molecule has 1 fully saturated rings. The quantitative estimate of drug-likeness (QED) is 0.390. The smallest absolute Gasteiger partial charge is 0.268 e. The number of anilines is 1. The van der Waals surface area contributed by atoms with Crippen LogP contribution in [-0.2, 0) is 4.79 Å². The Bertz CT molecular complexity index is 1180. The Kier molecular flexibility index (Phi) is 8.44. The summed E-state index contributed by atoms with van der Waals surface area (Å²) < 4.78 is 5.16. The van der Waals surface area contributed by atoms with Gasteiger partial charge in [-0.2, -0.15) is 0 Å². The molecule has 7 heteroatoms. The minimum Gasteiger partial charge on any atom is -0.497 e. The molecule has 4 rings (SSSR count). The summed E-state index contributed by atoms with van der Waals surface area (Å²) in [4.78, 5) is 29.4. The summed E-state index contributed by atoms with van der Waals surface area (Å²) in [6, 6.07) is 18.7.